The Hall–Kier alpha value is -2.73. The van der Waals surface area contributed by atoms with Crippen LogP contribution in [0.1, 0.15) is 35.4 Å². The monoisotopic (exact) mass is 381 g/mol. The summed E-state index contributed by atoms with van der Waals surface area (Å²) < 4.78 is 0. The molecular weight excluding hydrogens is 350 g/mol. The largest absolute Gasteiger partial charge is 0.506 e. The molecule has 1 aromatic carbocycles. The molecule has 6 nitrogen and oxygen atoms in total. The molecule has 5 N–H and O–H groups in total. The summed E-state index contributed by atoms with van der Waals surface area (Å²) in [5.41, 5.74) is 11.7. The summed E-state index contributed by atoms with van der Waals surface area (Å²) in [6.45, 7) is 12.7. The second-order valence-corrected chi connectivity index (χ2v) is 7.63. The molecule has 1 aliphatic heterocycles. The van der Waals surface area contributed by atoms with E-state index < -0.39 is 0 Å². The molecule has 1 saturated heterocycles. The fourth-order valence-corrected chi connectivity index (χ4v) is 3.65. The summed E-state index contributed by atoms with van der Waals surface area (Å²) in [4.78, 5) is 6.56. The molecule has 0 unspecified atom stereocenters. The predicted octanol–water partition coefficient (Wildman–Crippen LogP) is 3.11. The molecule has 2 aromatic rings. The van der Waals surface area contributed by atoms with Gasteiger partial charge >= 0.3 is 0 Å². The highest BCUT2D eigenvalue weighted by atomic mass is 16.3. The normalized spacial score (nSPS) is 14.7. The van der Waals surface area contributed by atoms with Crippen LogP contribution in [0.25, 0.3) is 0 Å². The lowest BCUT2D eigenvalue weighted by molar-refractivity contribution is 0.407. The molecule has 0 spiro atoms. The first-order valence-electron chi connectivity index (χ1n) is 9.81. The van der Waals surface area contributed by atoms with Crippen molar-refractivity contribution in [3.63, 3.8) is 0 Å². The Kier molecular flexibility index (Phi) is 6.09. The molecule has 0 bridgehead atoms. The Morgan fingerprint density at radius 2 is 2.00 bits per heavy atom. The number of pyridine rings is 1. The summed E-state index contributed by atoms with van der Waals surface area (Å²) >= 11 is 0. The zero-order chi connectivity index (χ0) is 20.3. The minimum atomic E-state index is 0.174. The van der Waals surface area contributed by atoms with Gasteiger partial charge in [0.1, 0.15) is 11.4 Å². The number of piperidine rings is 1. The number of aromatic nitrogens is 1. The molecule has 0 aliphatic carbocycles. The SMILES string of the molecule is C=C(NC1CCNCC1)N(Cc1nc(C)ccc1O)c1cc(C)cc(C)c1N. The molecule has 2 heterocycles. The van der Waals surface area contributed by atoms with Crippen LogP contribution >= 0.6 is 0 Å². The highest BCUT2D eigenvalue weighted by Gasteiger charge is 2.21. The molecule has 6 heteroatoms. The number of nitrogens with one attached hydrogen (secondary N) is 2. The number of nitrogens with two attached hydrogens (primary N) is 1. The fraction of sp³-hybridized carbons (Fsp3) is 0.409. The number of nitrogen functional groups attached to an aromatic ring is 1. The van der Waals surface area contributed by atoms with E-state index >= 15 is 0 Å². The van der Waals surface area contributed by atoms with Gasteiger partial charge < -0.3 is 26.4 Å². The minimum Gasteiger partial charge on any atom is -0.506 e. The van der Waals surface area contributed by atoms with E-state index in [0.717, 1.165) is 54.3 Å². The number of hydrogen-bond acceptors (Lipinski definition) is 6. The van der Waals surface area contributed by atoms with Gasteiger partial charge in [-0.2, -0.15) is 0 Å². The number of aryl methyl sites for hydroxylation is 3. The van der Waals surface area contributed by atoms with E-state index in [1.54, 1.807) is 12.1 Å². The van der Waals surface area contributed by atoms with Crippen molar-refractivity contribution in [2.75, 3.05) is 23.7 Å². The zero-order valence-corrected chi connectivity index (χ0v) is 17.0. The predicted molar refractivity (Wildman–Crippen MR) is 115 cm³/mol. The molecule has 1 aromatic heterocycles. The summed E-state index contributed by atoms with van der Waals surface area (Å²) in [5, 5.41) is 17.3. The maximum atomic E-state index is 10.3. The second kappa shape index (κ2) is 8.52. The van der Waals surface area contributed by atoms with Gasteiger partial charge in [-0.15, -0.1) is 0 Å². The standard InChI is InChI=1S/C22H31N5O/c1-14-11-15(2)22(23)20(12-14)27(13-19-21(28)6-5-16(3)25-19)17(4)26-18-7-9-24-10-8-18/h5-6,11-12,18,24,26,28H,4,7-10,13,23H2,1-3H3. The van der Waals surface area contributed by atoms with Gasteiger partial charge in [0, 0.05) is 11.7 Å². The van der Waals surface area contributed by atoms with Crippen molar-refractivity contribution in [2.45, 2.75) is 46.2 Å². The lowest BCUT2D eigenvalue weighted by Gasteiger charge is -2.33. The third-order valence-electron chi connectivity index (χ3n) is 5.23. The van der Waals surface area contributed by atoms with E-state index in [1.807, 2.05) is 18.7 Å². The molecule has 0 radical (unpaired) electrons. The van der Waals surface area contributed by atoms with Crippen LogP contribution in [0.3, 0.4) is 0 Å². The van der Waals surface area contributed by atoms with Crippen molar-refractivity contribution in [3.05, 3.63) is 59.2 Å². The molecule has 1 fully saturated rings. The molecule has 28 heavy (non-hydrogen) atoms. The maximum absolute atomic E-state index is 10.3. The van der Waals surface area contributed by atoms with Crippen LogP contribution in [0.15, 0.2) is 36.7 Å². The van der Waals surface area contributed by atoms with Gasteiger partial charge in [0.25, 0.3) is 0 Å². The first-order valence-corrected chi connectivity index (χ1v) is 9.81. The van der Waals surface area contributed by atoms with Crippen molar-refractivity contribution < 1.29 is 5.11 Å². The molecule has 150 valence electrons. The molecule has 3 rings (SSSR count). The first-order chi connectivity index (χ1) is 13.3. The number of hydrogen-bond donors (Lipinski definition) is 4. The third kappa shape index (κ3) is 4.57. The van der Waals surface area contributed by atoms with Crippen LogP contribution in [0.2, 0.25) is 0 Å². The number of aromatic hydroxyl groups is 1. The highest BCUT2D eigenvalue weighted by Crippen LogP contribution is 2.32. The average molecular weight is 382 g/mol. The fourth-order valence-electron chi connectivity index (χ4n) is 3.65. The van der Waals surface area contributed by atoms with E-state index in [-0.39, 0.29) is 5.75 Å². The average Bonchev–Trinajstić information content (AvgIpc) is 2.66. The number of nitrogens with zero attached hydrogens (tertiary/aromatic N) is 2. The van der Waals surface area contributed by atoms with Crippen molar-refractivity contribution in [3.8, 4) is 5.75 Å². The smallest absolute Gasteiger partial charge is 0.138 e. The first kappa shape index (κ1) is 20.0. The van der Waals surface area contributed by atoms with Gasteiger partial charge in [0.2, 0.25) is 0 Å². The summed E-state index contributed by atoms with van der Waals surface area (Å²) in [5.74, 6) is 0.944. The third-order valence-corrected chi connectivity index (χ3v) is 5.23. The lowest BCUT2D eigenvalue weighted by Crippen LogP contribution is -2.43. The number of anilines is 2. The van der Waals surface area contributed by atoms with Crippen LogP contribution < -0.4 is 21.3 Å². The number of rotatable bonds is 6. The van der Waals surface area contributed by atoms with Gasteiger partial charge in [-0.05, 0) is 76.0 Å². The van der Waals surface area contributed by atoms with Gasteiger partial charge in [0.15, 0.2) is 0 Å². The molecule has 0 saturated carbocycles. The van der Waals surface area contributed by atoms with Gasteiger partial charge in [-0.3, -0.25) is 4.98 Å². The van der Waals surface area contributed by atoms with Crippen LogP contribution in [0, 0.1) is 20.8 Å². The lowest BCUT2D eigenvalue weighted by atomic mass is 10.1. The van der Waals surface area contributed by atoms with Crippen molar-refractivity contribution in [1.82, 2.24) is 15.6 Å². The van der Waals surface area contributed by atoms with E-state index in [2.05, 4.69) is 41.3 Å². The van der Waals surface area contributed by atoms with Crippen LogP contribution in [0.4, 0.5) is 11.4 Å². The topological polar surface area (TPSA) is 86.4 Å². The van der Waals surface area contributed by atoms with Gasteiger partial charge in [0.05, 0.1) is 23.7 Å². The number of benzene rings is 1. The van der Waals surface area contributed by atoms with Crippen molar-refractivity contribution in [1.29, 1.82) is 0 Å². The van der Waals surface area contributed by atoms with Crippen molar-refractivity contribution in [2.24, 2.45) is 0 Å². The maximum Gasteiger partial charge on any atom is 0.138 e. The van der Waals surface area contributed by atoms with E-state index in [9.17, 15) is 5.11 Å². The quantitative estimate of drug-likeness (QED) is 0.575. The van der Waals surface area contributed by atoms with Crippen LogP contribution in [-0.4, -0.2) is 29.2 Å². The van der Waals surface area contributed by atoms with Crippen LogP contribution in [0.5, 0.6) is 5.75 Å². The summed E-state index contributed by atoms with van der Waals surface area (Å²) in [6, 6.07) is 7.98. The highest BCUT2D eigenvalue weighted by molar-refractivity contribution is 5.74. The summed E-state index contributed by atoms with van der Waals surface area (Å²) in [6.07, 6.45) is 2.09. The Morgan fingerprint density at radius 1 is 1.29 bits per heavy atom. The Balaban J connectivity index is 1.95. The van der Waals surface area contributed by atoms with Gasteiger partial charge in [-0.25, -0.2) is 0 Å². The summed E-state index contributed by atoms with van der Waals surface area (Å²) in [7, 11) is 0. The molecular formula is C22H31N5O. The Morgan fingerprint density at radius 3 is 2.71 bits per heavy atom. The van der Waals surface area contributed by atoms with E-state index in [0.29, 0.717) is 24.0 Å². The Bertz CT molecular complexity index is 858. The van der Waals surface area contributed by atoms with Crippen LogP contribution in [-0.2, 0) is 6.54 Å². The minimum absolute atomic E-state index is 0.174. The second-order valence-electron chi connectivity index (χ2n) is 7.63. The zero-order valence-electron chi connectivity index (χ0n) is 17.0. The van der Waals surface area contributed by atoms with Crippen molar-refractivity contribution >= 4 is 11.4 Å². The van der Waals surface area contributed by atoms with E-state index in [4.69, 9.17) is 5.73 Å². The van der Waals surface area contributed by atoms with Gasteiger partial charge in [-0.1, -0.05) is 12.6 Å². The molecule has 0 amide bonds. The Labute approximate surface area is 167 Å². The van der Waals surface area contributed by atoms with E-state index in [1.165, 1.54) is 0 Å². The molecule has 1 aliphatic rings. The molecule has 0 atom stereocenters.